The van der Waals surface area contributed by atoms with Gasteiger partial charge in [0, 0.05) is 6.92 Å². The lowest BCUT2D eigenvalue weighted by Gasteiger charge is -2.37. The first-order chi connectivity index (χ1) is 13.9. The van der Waals surface area contributed by atoms with E-state index < -0.39 is 29.6 Å². The molecule has 0 radical (unpaired) electrons. The maximum atomic E-state index is 12.0. The van der Waals surface area contributed by atoms with Crippen LogP contribution in [0.4, 0.5) is 4.79 Å². The normalized spacial score (nSPS) is 25.6. The summed E-state index contributed by atoms with van der Waals surface area (Å²) in [6.45, 7) is 7.38. The van der Waals surface area contributed by atoms with Crippen LogP contribution in [0.5, 0.6) is 11.5 Å². The van der Waals surface area contributed by atoms with Crippen LogP contribution in [0, 0.1) is 0 Å². The Morgan fingerprint density at radius 3 is 2.43 bits per heavy atom. The average molecular weight is 462 g/mol. The van der Waals surface area contributed by atoms with Crippen molar-refractivity contribution < 1.29 is 33.3 Å². The fourth-order valence-corrected chi connectivity index (χ4v) is 3.83. The van der Waals surface area contributed by atoms with Crippen molar-refractivity contribution in [3.63, 3.8) is 0 Å². The highest BCUT2D eigenvalue weighted by molar-refractivity contribution is 6.38. The lowest BCUT2D eigenvalue weighted by Crippen LogP contribution is -2.54. The molecule has 1 amide bonds. The molecule has 2 heterocycles. The lowest BCUT2D eigenvalue weighted by molar-refractivity contribution is -0.185. The largest absolute Gasteiger partial charge is 0.465 e. The first kappa shape index (κ1) is 22.8. The molecule has 2 aliphatic heterocycles. The number of ether oxygens (including phenoxy) is 5. The second-order valence-corrected chi connectivity index (χ2v) is 9.12. The number of hydrogen-bond donors (Lipinski definition) is 1. The van der Waals surface area contributed by atoms with Gasteiger partial charge in [-0.15, -0.1) is 0 Å². The van der Waals surface area contributed by atoms with E-state index in [0.717, 1.165) is 0 Å². The van der Waals surface area contributed by atoms with Gasteiger partial charge in [0.1, 0.15) is 16.7 Å². The molecule has 30 heavy (non-hydrogen) atoms. The van der Waals surface area contributed by atoms with Gasteiger partial charge in [-0.2, -0.15) is 0 Å². The minimum Gasteiger partial charge on any atom is -0.465 e. The molecule has 3 atom stereocenters. The molecule has 0 aromatic heterocycles. The van der Waals surface area contributed by atoms with Crippen molar-refractivity contribution in [2.75, 3.05) is 13.7 Å². The van der Waals surface area contributed by atoms with E-state index in [9.17, 15) is 9.59 Å². The van der Waals surface area contributed by atoms with Crippen LogP contribution in [0.3, 0.4) is 0 Å². The molecule has 0 saturated carbocycles. The average Bonchev–Trinajstić information content (AvgIpc) is 3.03. The quantitative estimate of drug-likeness (QED) is 0.669. The van der Waals surface area contributed by atoms with Crippen molar-refractivity contribution in [3.05, 3.63) is 21.7 Å². The van der Waals surface area contributed by atoms with E-state index in [4.69, 9.17) is 46.9 Å². The Morgan fingerprint density at radius 1 is 1.20 bits per heavy atom. The smallest absolute Gasteiger partial charge is 0.407 e. The number of fused-ring (bicyclic) bond motifs is 1. The minimum atomic E-state index is -1.19. The van der Waals surface area contributed by atoms with Gasteiger partial charge in [0.2, 0.25) is 0 Å². The fraction of sp³-hybridized carbons (Fsp3) is 0.600. The number of rotatable bonds is 3. The first-order valence-corrected chi connectivity index (χ1v) is 10.3. The van der Waals surface area contributed by atoms with E-state index in [0.29, 0.717) is 12.8 Å². The number of carbonyl (C=O) groups is 2. The van der Waals surface area contributed by atoms with Crippen molar-refractivity contribution >= 4 is 35.3 Å². The van der Waals surface area contributed by atoms with Crippen LogP contribution in [0.25, 0.3) is 0 Å². The highest BCUT2D eigenvalue weighted by atomic mass is 35.5. The summed E-state index contributed by atoms with van der Waals surface area (Å²) in [5.74, 6) is -1.41. The van der Waals surface area contributed by atoms with Crippen LogP contribution >= 0.6 is 23.2 Å². The summed E-state index contributed by atoms with van der Waals surface area (Å²) < 4.78 is 27.9. The predicted octanol–water partition coefficient (Wildman–Crippen LogP) is 4.34. The molecule has 1 N–H and O–H groups in total. The number of nitrogens with one attached hydrogen (secondary N) is 1. The van der Waals surface area contributed by atoms with E-state index in [2.05, 4.69) is 5.32 Å². The second-order valence-electron chi connectivity index (χ2n) is 8.33. The van der Waals surface area contributed by atoms with Gasteiger partial charge in [0.05, 0.1) is 30.3 Å². The summed E-state index contributed by atoms with van der Waals surface area (Å²) in [5, 5.41) is 3.04. The molecule has 1 unspecified atom stereocenters. The summed E-state index contributed by atoms with van der Waals surface area (Å²) in [7, 11) is 1.25. The maximum Gasteiger partial charge on any atom is 0.407 e. The molecule has 0 bridgehead atoms. The highest BCUT2D eigenvalue weighted by Crippen LogP contribution is 2.51. The third-order valence-corrected chi connectivity index (χ3v) is 5.38. The number of halogens is 2. The predicted molar refractivity (Wildman–Crippen MR) is 110 cm³/mol. The van der Waals surface area contributed by atoms with E-state index in [1.165, 1.54) is 13.2 Å². The van der Waals surface area contributed by atoms with Crippen molar-refractivity contribution in [3.8, 4) is 11.5 Å². The topological polar surface area (TPSA) is 92.3 Å². The Bertz CT molecular complexity index is 847. The van der Waals surface area contributed by atoms with Crippen LogP contribution in [0.2, 0.25) is 10.0 Å². The zero-order chi connectivity index (χ0) is 22.3. The molecular weight excluding hydrogens is 437 g/mol. The van der Waals surface area contributed by atoms with Crippen molar-refractivity contribution in [1.29, 1.82) is 0 Å². The Kier molecular flexibility index (Phi) is 6.32. The van der Waals surface area contributed by atoms with E-state index in [-0.39, 0.29) is 39.8 Å². The molecule has 10 heteroatoms. The summed E-state index contributed by atoms with van der Waals surface area (Å²) in [5.41, 5.74) is -0.490. The number of hydrogen-bond acceptors (Lipinski definition) is 7. The van der Waals surface area contributed by atoms with Gasteiger partial charge >= 0.3 is 12.1 Å². The summed E-state index contributed by atoms with van der Waals surface area (Å²) in [6.07, 6.45) is 0.243. The van der Waals surface area contributed by atoms with Gasteiger partial charge in [-0.25, -0.2) is 9.59 Å². The number of carbonyl (C=O) groups excluding carboxylic acids is 2. The molecule has 2 aliphatic rings. The van der Waals surface area contributed by atoms with Crippen molar-refractivity contribution in [1.82, 2.24) is 5.32 Å². The molecule has 3 rings (SSSR count). The van der Waals surface area contributed by atoms with Gasteiger partial charge in [0.25, 0.3) is 5.79 Å². The lowest BCUT2D eigenvalue weighted by atomic mass is 9.99. The Hall–Kier alpha value is -1.90. The number of methoxy groups -OCH3 is 1. The maximum absolute atomic E-state index is 12.0. The first-order valence-electron chi connectivity index (χ1n) is 9.53. The summed E-state index contributed by atoms with van der Waals surface area (Å²) in [6, 6.07) is 1.19. The van der Waals surface area contributed by atoms with Crippen molar-refractivity contribution in [2.45, 2.75) is 64.1 Å². The van der Waals surface area contributed by atoms with E-state index in [1.54, 1.807) is 27.7 Å². The van der Waals surface area contributed by atoms with Crippen molar-refractivity contribution in [2.24, 2.45) is 0 Å². The van der Waals surface area contributed by atoms with Gasteiger partial charge in [-0.1, -0.05) is 23.2 Å². The van der Waals surface area contributed by atoms with Gasteiger partial charge in [-0.05, 0) is 39.7 Å². The Labute approximate surface area is 185 Å². The van der Waals surface area contributed by atoms with Gasteiger partial charge in [-0.3, -0.25) is 0 Å². The second kappa shape index (κ2) is 8.32. The third kappa shape index (κ3) is 4.71. The summed E-state index contributed by atoms with van der Waals surface area (Å²) in [4.78, 5) is 23.9. The van der Waals surface area contributed by atoms with Crippen LogP contribution in [-0.2, 0) is 14.2 Å². The number of amides is 1. The van der Waals surface area contributed by atoms with E-state index in [1.807, 2.05) is 0 Å². The minimum absolute atomic E-state index is 0.0604. The van der Waals surface area contributed by atoms with Crippen LogP contribution < -0.4 is 14.8 Å². The van der Waals surface area contributed by atoms with Crippen LogP contribution in [0.15, 0.2) is 6.07 Å². The SMILES string of the molecule is COC(=O)c1cc(Cl)c2c(c1Cl)OC(C)([C@@H]1CC[C@@H](NC(=O)OC(C)(C)C)CO1)O2. The van der Waals surface area contributed by atoms with Crippen LogP contribution in [0.1, 0.15) is 50.9 Å². The summed E-state index contributed by atoms with van der Waals surface area (Å²) >= 11 is 12.6. The molecule has 1 aromatic carbocycles. The highest BCUT2D eigenvalue weighted by Gasteiger charge is 2.49. The molecule has 0 aliphatic carbocycles. The third-order valence-electron chi connectivity index (χ3n) is 4.73. The van der Waals surface area contributed by atoms with Gasteiger partial charge in [0.15, 0.2) is 11.5 Å². The molecule has 1 aromatic rings. The van der Waals surface area contributed by atoms with Gasteiger partial charge < -0.3 is 29.0 Å². The monoisotopic (exact) mass is 461 g/mol. The number of esters is 1. The number of alkyl carbamates (subject to hydrolysis) is 1. The molecular formula is C20H25Cl2NO7. The zero-order valence-electron chi connectivity index (χ0n) is 17.5. The Balaban J connectivity index is 1.67. The molecule has 1 fully saturated rings. The zero-order valence-corrected chi connectivity index (χ0v) is 19.0. The van der Waals surface area contributed by atoms with E-state index >= 15 is 0 Å². The number of benzene rings is 1. The fourth-order valence-electron chi connectivity index (χ4n) is 3.34. The molecule has 8 nitrogen and oxygen atoms in total. The standard InChI is InChI=1S/C20H25Cl2NO7/c1-19(2,3)30-18(25)23-10-6-7-13(27-9-10)20(4)28-15-12(21)8-11(17(24)26-5)14(22)16(15)29-20/h8,10,13H,6-7,9H2,1-5H3,(H,23,25)/t10-,13+,20?/m1/s1. The molecule has 1 saturated heterocycles. The van der Waals surface area contributed by atoms with Crippen LogP contribution in [-0.4, -0.2) is 49.3 Å². The molecule has 0 spiro atoms. The Morgan fingerprint density at radius 2 is 1.87 bits per heavy atom. The molecule has 166 valence electrons.